The van der Waals surface area contributed by atoms with E-state index in [0.29, 0.717) is 21.7 Å². The lowest BCUT2D eigenvalue weighted by Crippen LogP contribution is -1.98. The summed E-state index contributed by atoms with van der Waals surface area (Å²) in [4.78, 5) is 0. The van der Waals surface area contributed by atoms with Gasteiger partial charge in [0.15, 0.2) is 0 Å². The third-order valence-corrected chi connectivity index (χ3v) is 3.02. The van der Waals surface area contributed by atoms with E-state index in [1.54, 1.807) is 6.07 Å². The summed E-state index contributed by atoms with van der Waals surface area (Å²) in [5, 5.41) is 12.1. The van der Waals surface area contributed by atoms with Crippen LogP contribution in [-0.4, -0.2) is 14.8 Å². The summed E-state index contributed by atoms with van der Waals surface area (Å²) >= 11 is 12.9. The van der Waals surface area contributed by atoms with Crippen LogP contribution < -0.4 is 5.32 Å². The van der Waals surface area contributed by atoms with Crippen molar-refractivity contribution in [2.45, 2.75) is 6.54 Å². The van der Waals surface area contributed by atoms with E-state index in [-0.39, 0.29) is 0 Å². The Bertz CT molecular complexity index is 446. The summed E-state index contributed by atoms with van der Waals surface area (Å²) in [6.45, 7) is 0.619. The molecular weight excluding hydrogens is 255 g/mol. The monoisotopic (exact) mass is 260 g/mol. The molecule has 1 N–H and O–H groups in total. The van der Waals surface area contributed by atoms with Crippen LogP contribution in [0.4, 0.5) is 5.13 Å². The van der Waals surface area contributed by atoms with Gasteiger partial charge in [0, 0.05) is 18.1 Å². The maximum Gasteiger partial charge on any atom is 0.225 e. The first kappa shape index (κ1) is 10.6. The van der Waals surface area contributed by atoms with Crippen LogP contribution in [-0.2, 0) is 6.54 Å². The SMILES string of the molecule is Clc1ccc(CNc2nnns2)cc1Cl. The molecule has 0 unspecified atom stereocenters. The standard InChI is InChI=1S/C8H6Cl2N4S/c9-6-2-1-5(3-7(6)10)4-11-8-12-13-14-15-8/h1-3H,4H2,(H,11,12,14). The van der Waals surface area contributed by atoms with Gasteiger partial charge in [-0.2, -0.15) is 0 Å². The first-order valence-electron chi connectivity index (χ1n) is 4.08. The van der Waals surface area contributed by atoms with Gasteiger partial charge in [-0.05, 0) is 22.9 Å². The molecule has 0 aliphatic carbocycles. The number of nitrogens with zero attached hydrogens (tertiary/aromatic N) is 3. The zero-order valence-electron chi connectivity index (χ0n) is 7.44. The van der Waals surface area contributed by atoms with E-state index >= 15 is 0 Å². The fourth-order valence-corrected chi connectivity index (χ4v) is 1.71. The molecule has 15 heavy (non-hydrogen) atoms. The molecular formula is C8H6Cl2N4S. The van der Waals surface area contributed by atoms with Crippen LogP contribution in [0.25, 0.3) is 0 Å². The minimum absolute atomic E-state index is 0.548. The van der Waals surface area contributed by atoms with Crippen molar-refractivity contribution in [2.75, 3.05) is 5.32 Å². The Morgan fingerprint density at radius 1 is 1.27 bits per heavy atom. The minimum atomic E-state index is 0.548. The van der Waals surface area contributed by atoms with Crippen molar-refractivity contribution in [2.24, 2.45) is 0 Å². The van der Waals surface area contributed by atoms with Gasteiger partial charge in [0.1, 0.15) is 0 Å². The summed E-state index contributed by atoms with van der Waals surface area (Å²) in [6, 6.07) is 5.47. The largest absolute Gasteiger partial charge is 0.355 e. The summed E-state index contributed by atoms with van der Waals surface area (Å²) in [5.41, 5.74) is 1.03. The van der Waals surface area contributed by atoms with Gasteiger partial charge in [0.25, 0.3) is 0 Å². The number of hydrogen-bond donors (Lipinski definition) is 1. The Morgan fingerprint density at radius 2 is 2.13 bits per heavy atom. The normalized spacial score (nSPS) is 10.3. The smallest absolute Gasteiger partial charge is 0.225 e. The highest BCUT2D eigenvalue weighted by Gasteiger charge is 2.01. The lowest BCUT2D eigenvalue weighted by atomic mass is 10.2. The van der Waals surface area contributed by atoms with Crippen molar-refractivity contribution >= 4 is 39.9 Å². The molecule has 2 rings (SSSR count). The van der Waals surface area contributed by atoms with Gasteiger partial charge in [-0.25, -0.2) is 0 Å². The van der Waals surface area contributed by atoms with Crippen LogP contribution >= 0.6 is 34.7 Å². The number of aromatic nitrogens is 3. The molecule has 78 valence electrons. The second kappa shape index (κ2) is 4.74. The van der Waals surface area contributed by atoms with Crippen LogP contribution in [0.2, 0.25) is 10.0 Å². The van der Waals surface area contributed by atoms with Crippen molar-refractivity contribution in [1.29, 1.82) is 0 Å². The zero-order chi connectivity index (χ0) is 10.7. The number of anilines is 1. The summed E-state index contributed by atoms with van der Waals surface area (Å²) in [6.07, 6.45) is 0. The molecule has 0 saturated heterocycles. The van der Waals surface area contributed by atoms with Gasteiger partial charge in [-0.15, -0.1) is 0 Å². The minimum Gasteiger partial charge on any atom is -0.355 e. The van der Waals surface area contributed by atoms with E-state index in [4.69, 9.17) is 23.2 Å². The van der Waals surface area contributed by atoms with Crippen LogP contribution in [0.1, 0.15) is 5.56 Å². The Morgan fingerprint density at radius 3 is 2.80 bits per heavy atom. The van der Waals surface area contributed by atoms with Gasteiger partial charge in [-0.3, -0.25) is 0 Å². The van der Waals surface area contributed by atoms with Gasteiger partial charge in [-0.1, -0.05) is 38.9 Å². The first-order chi connectivity index (χ1) is 7.25. The number of hydrogen-bond acceptors (Lipinski definition) is 5. The maximum atomic E-state index is 5.88. The summed E-state index contributed by atoms with van der Waals surface area (Å²) in [7, 11) is 0. The van der Waals surface area contributed by atoms with E-state index in [0.717, 1.165) is 5.56 Å². The van der Waals surface area contributed by atoms with E-state index in [9.17, 15) is 0 Å². The molecule has 0 bridgehead atoms. The molecule has 0 spiro atoms. The maximum absolute atomic E-state index is 5.88. The quantitative estimate of drug-likeness (QED) is 0.922. The number of nitrogens with one attached hydrogen (secondary N) is 1. The Hall–Kier alpha value is -0.910. The average Bonchev–Trinajstić information content (AvgIpc) is 2.73. The lowest BCUT2D eigenvalue weighted by molar-refractivity contribution is 0.951. The topological polar surface area (TPSA) is 50.7 Å². The van der Waals surface area contributed by atoms with E-state index in [1.165, 1.54) is 11.5 Å². The highest BCUT2D eigenvalue weighted by atomic mass is 35.5. The van der Waals surface area contributed by atoms with Gasteiger partial charge in [0.05, 0.1) is 10.0 Å². The summed E-state index contributed by atoms with van der Waals surface area (Å²) < 4.78 is 3.64. The molecule has 0 aliphatic rings. The van der Waals surface area contributed by atoms with Crippen molar-refractivity contribution in [3.8, 4) is 0 Å². The molecule has 0 atom stereocenters. The first-order valence-corrected chi connectivity index (χ1v) is 5.61. The van der Waals surface area contributed by atoms with Crippen LogP contribution in [0.15, 0.2) is 18.2 Å². The number of rotatable bonds is 3. The second-order valence-corrected chi connectivity index (χ2v) is 4.32. The number of benzene rings is 1. The van der Waals surface area contributed by atoms with Crippen molar-refractivity contribution in [1.82, 2.24) is 14.8 Å². The van der Waals surface area contributed by atoms with Crippen molar-refractivity contribution in [3.05, 3.63) is 33.8 Å². The fraction of sp³-hybridized carbons (Fsp3) is 0.125. The molecule has 7 heteroatoms. The lowest BCUT2D eigenvalue weighted by Gasteiger charge is -2.03. The Labute approximate surface area is 100 Å². The fourth-order valence-electron chi connectivity index (χ4n) is 1.03. The third-order valence-electron chi connectivity index (χ3n) is 1.73. The molecule has 0 radical (unpaired) electrons. The molecule has 0 fully saturated rings. The van der Waals surface area contributed by atoms with E-state index in [1.807, 2.05) is 12.1 Å². The summed E-state index contributed by atoms with van der Waals surface area (Å²) in [5.74, 6) is 0. The molecule has 0 aliphatic heterocycles. The van der Waals surface area contributed by atoms with Crippen molar-refractivity contribution < 1.29 is 0 Å². The Kier molecular flexibility index (Phi) is 3.35. The van der Waals surface area contributed by atoms with E-state index < -0.39 is 0 Å². The molecule has 0 amide bonds. The van der Waals surface area contributed by atoms with Crippen LogP contribution in [0.3, 0.4) is 0 Å². The molecule has 0 saturated carbocycles. The predicted molar refractivity (Wildman–Crippen MR) is 61.5 cm³/mol. The predicted octanol–water partition coefficient (Wildman–Crippen LogP) is 2.85. The van der Waals surface area contributed by atoms with Crippen molar-refractivity contribution in [3.63, 3.8) is 0 Å². The van der Waals surface area contributed by atoms with Gasteiger partial charge in [0.2, 0.25) is 5.13 Å². The van der Waals surface area contributed by atoms with Crippen LogP contribution in [0.5, 0.6) is 0 Å². The molecule has 1 aromatic heterocycles. The molecule has 2 aromatic rings. The van der Waals surface area contributed by atoms with Gasteiger partial charge < -0.3 is 5.32 Å². The molecule has 1 heterocycles. The zero-order valence-corrected chi connectivity index (χ0v) is 9.77. The Balaban J connectivity index is 2.02. The number of halogens is 2. The second-order valence-electron chi connectivity index (χ2n) is 2.77. The van der Waals surface area contributed by atoms with E-state index in [2.05, 4.69) is 20.1 Å². The van der Waals surface area contributed by atoms with Gasteiger partial charge >= 0.3 is 0 Å². The third kappa shape index (κ3) is 2.77. The molecule has 1 aromatic carbocycles. The average molecular weight is 261 g/mol. The highest BCUT2D eigenvalue weighted by Crippen LogP contribution is 2.22. The van der Waals surface area contributed by atoms with Crippen LogP contribution in [0, 0.1) is 0 Å². The molecule has 4 nitrogen and oxygen atoms in total. The highest BCUT2D eigenvalue weighted by molar-refractivity contribution is 7.09.